The number of para-hydroxylation sites is 1. The van der Waals surface area contributed by atoms with Gasteiger partial charge in [-0.05, 0) is 30.9 Å². The Kier molecular flexibility index (Phi) is 4.49. The zero-order valence-corrected chi connectivity index (χ0v) is 13.0. The summed E-state index contributed by atoms with van der Waals surface area (Å²) in [6, 6.07) is 7.65. The van der Waals surface area contributed by atoms with E-state index in [9.17, 15) is 22.8 Å². The molecule has 3 rings (SSSR count). The largest absolute Gasteiger partial charge is 0.472 e. The number of amides is 2. The van der Waals surface area contributed by atoms with Crippen molar-refractivity contribution >= 4 is 17.5 Å². The Balaban J connectivity index is 1.65. The number of carbonyl (C=O) groups is 2. The topological polar surface area (TPSA) is 52.7 Å². The van der Waals surface area contributed by atoms with Gasteiger partial charge in [0.25, 0.3) is 0 Å². The summed E-state index contributed by atoms with van der Waals surface area (Å²) in [4.78, 5) is 25.1. The second-order valence-electron chi connectivity index (χ2n) is 6.05. The Bertz CT molecular complexity index is 640. The molecule has 0 radical (unpaired) electrons. The smallest absolute Gasteiger partial charge is 0.309 e. The van der Waals surface area contributed by atoms with E-state index in [0.717, 1.165) is 11.3 Å². The fourth-order valence-corrected chi connectivity index (χ4v) is 3.30. The fourth-order valence-electron chi connectivity index (χ4n) is 3.30. The molecule has 2 aliphatic rings. The number of rotatable bonds is 2. The number of hydrogen-bond donors (Lipinski definition) is 1. The molecule has 1 saturated heterocycles. The predicted molar refractivity (Wildman–Crippen MR) is 81.0 cm³/mol. The second-order valence-corrected chi connectivity index (χ2v) is 6.05. The molecule has 24 heavy (non-hydrogen) atoms. The summed E-state index contributed by atoms with van der Waals surface area (Å²) in [5.41, 5.74) is 3.89. The van der Waals surface area contributed by atoms with Crippen molar-refractivity contribution in [3.05, 3.63) is 29.8 Å². The van der Waals surface area contributed by atoms with E-state index < -0.39 is 12.1 Å². The minimum atomic E-state index is -4.89. The molecule has 0 spiro atoms. The number of alkyl halides is 3. The van der Waals surface area contributed by atoms with Gasteiger partial charge >= 0.3 is 12.1 Å². The highest BCUT2D eigenvalue weighted by Crippen LogP contribution is 2.32. The molecule has 0 saturated carbocycles. The summed E-state index contributed by atoms with van der Waals surface area (Å²) >= 11 is 0. The summed E-state index contributed by atoms with van der Waals surface area (Å²) in [7, 11) is 0. The summed E-state index contributed by atoms with van der Waals surface area (Å²) in [5.74, 6) is -1.91. The van der Waals surface area contributed by atoms with Crippen molar-refractivity contribution in [1.82, 2.24) is 10.4 Å². The SMILES string of the molecule is O=C1CCc2ccccc2N1C1CCN(NC(=O)C(F)(F)F)CC1. The molecule has 1 aromatic rings. The van der Waals surface area contributed by atoms with Gasteiger partial charge in [0.15, 0.2) is 0 Å². The molecule has 0 bridgehead atoms. The number of benzene rings is 1. The van der Waals surface area contributed by atoms with Crippen molar-refractivity contribution in [2.75, 3.05) is 18.0 Å². The lowest BCUT2D eigenvalue weighted by atomic mass is 9.96. The molecular formula is C16H18F3N3O2. The number of nitrogens with one attached hydrogen (secondary N) is 1. The first-order valence-electron chi connectivity index (χ1n) is 7.89. The minimum Gasteiger partial charge on any atom is -0.309 e. The van der Waals surface area contributed by atoms with Crippen LogP contribution in [0.25, 0.3) is 0 Å². The molecule has 1 aromatic carbocycles. The molecule has 1 N–H and O–H groups in total. The van der Waals surface area contributed by atoms with Crippen LogP contribution in [0.15, 0.2) is 24.3 Å². The Morgan fingerprint density at radius 2 is 1.79 bits per heavy atom. The minimum absolute atomic E-state index is 0.0477. The summed E-state index contributed by atoms with van der Waals surface area (Å²) < 4.78 is 36.9. The Morgan fingerprint density at radius 1 is 1.12 bits per heavy atom. The highest BCUT2D eigenvalue weighted by atomic mass is 19.4. The van der Waals surface area contributed by atoms with Gasteiger partial charge in [-0.1, -0.05) is 18.2 Å². The number of carbonyl (C=O) groups excluding carboxylic acids is 2. The fraction of sp³-hybridized carbons (Fsp3) is 0.500. The average molecular weight is 341 g/mol. The monoisotopic (exact) mass is 341 g/mol. The van der Waals surface area contributed by atoms with Crippen LogP contribution in [0.5, 0.6) is 0 Å². The molecule has 8 heteroatoms. The molecule has 130 valence electrons. The van der Waals surface area contributed by atoms with Gasteiger partial charge in [-0.15, -0.1) is 0 Å². The van der Waals surface area contributed by atoms with E-state index in [-0.39, 0.29) is 25.0 Å². The maximum atomic E-state index is 12.3. The van der Waals surface area contributed by atoms with Gasteiger partial charge in [0.2, 0.25) is 5.91 Å². The van der Waals surface area contributed by atoms with Crippen LogP contribution in [0, 0.1) is 0 Å². The lowest BCUT2D eigenvalue weighted by Crippen LogP contribution is -2.55. The van der Waals surface area contributed by atoms with Crippen LogP contribution in [0.4, 0.5) is 18.9 Å². The number of halogens is 3. The summed E-state index contributed by atoms with van der Waals surface area (Å²) in [6.07, 6.45) is -2.71. The highest BCUT2D eigenvalue weighted by Gasteiger charge is 2.40. The molecule has 0 unspecified atom stereocenters. The van der Waals surface area contributed by atoms with E-state index in [4.69, 9.17) is 0 Å². The van der Waals surface area contributed by atoms with Crippen LogP contribution in [-0.2, 0) is 16.0 Å². The molecular weight excluding hydrogens is 323 g/mol. The van der Waals surface area contributed by atoms with E-state index in [1.165, 1.54) is 5.01 Å². The van der Waals surface area contributed by atoms with Gasteiger partial charge in [-0.25, -0.2) is 5.01 Å². The third-order valence-electron chi connectivity index (χ3n) is 4.47. The van der Waals surface area contributed by atoms with E-state index in [0.29, 0.717) is 25.7 Å². The van der Waals surface area contributed by atoms with Gasteiger partial charge < -0.3 is 4.90 Å². The summed E-state index contributed by atoms with van der Waals surface area (Å²) in [6.45, 7) is 0.552. The molecule has 2 heterocycles. The van der Waals surface area contributed by atoms with Crippen LogP contribution in [0.1, 0.15) is 24.8 Å². The molecule has 0 atom stereocenters. The molecule has 5 nitrogen and oxygen atoms in total. The van der Waals surface area contributed by atoms with Gasteiger partial charge in [-0.2, -0.15) is 13.2 Å². The van der Waals surface area contributed by atoms with Crippen molar-refractivity contribution in [2.24, 2.45) is 0 Å². The Morgan fingerprint density at radius 3 is 2.46 bits per heavy atom. The molecule has 0 aliphatic carbocycles. The number of nitrogens with zero attached hydrogens (tertiary/aromatic N) is 2. The molecule has 1 fully saturated rings. The third kappa shape index (κ3) is 3.38. The van der Waals surface area contributed by atoms with Gasteiger partial charge in [0.1, 0.15) is 0 Å². The number of hydrogen-bond acceptors (Lipinski definition) is 3. The molecule has 0 aromatic heterocycles. The average Bonchev–Trinajstić information content (AvgIpc) is 2.55. The number of piperidine rings is 1. The normalized spacial score (nSPS) is 20.0. The first kappa shape index (κ1) is 16.8. The van der Waals surface area contributed by atoms with Crippen molar-refractivity contribution < 1.29 is 22.8 Å². The van der Waals surface area contributed by atoms with E-state index in [1.807, 2.05) is 29.7 Å². The quantitative estimate of drug-likeness (QED) is 0.895. The van der Waals surface area contributed by atoms with Crippen molar-refractivity contribution in [2.45, 2.75) is 37.9 Å². The number of anilines is 1. The van der Waals surface area contributed by atoms with Crippen molar-refractivity contribution in [1.29, 1.82) is 0 Å². The van der Waals surface area contributed by atoms with Crippen LogP contribution < -0.4 is 10.3 Å². The molecule has 2 aliphatic heterocycles. The number of fused-ring (bicyclic) bond motifs is 1. The lowest BCUT2D eigenvalue weighted by Gasteiger charge is -2.40. The first-order valence-corrected chi connectivity index (χ1v) is 7.89. The number of hydrazine groups is 1. The van der Waals surface area contributed by atoms with E-state index in [2.05, 4.69) is 0 Å². The van der Waals surface area contributed by atoms with Crippen LogP contribution in [-0.4, -0.2) is 42.1 Å². The van der Waals surface area contributed by atoms with E-state index in [1.54, 1.807) is 4.90 Å². The van der Waals surface area contributed by atoms with Crippen LogP contribution >= 0.6 is 0 Å². The lowest BCUT2D eigenvalue weighted by molar-refractivity contribution is -0.179. The standard InChI is InChI=1S/C16H18F3N3O2/c17-16(18,19)15(24)20-21-9-7-12(8-10-21)22-13-4-2-1-3-11(13)5-6-14(22)23/h1-4,12H,5-10H2,(H,20,24). The van der Waals surface area contributed by atoms with Crippen LogP contribution in [0.3, 0.4) is 0 Å². The van der Waals surface area contributed by atoms with Crippen molar-refractivity contribution in [3.8, 4) is 0 Å². The maximum Gasteiger partial charge on any atom is 0.472 e. The van der Waals surface area contributed by atoms with Gasteiger partial charge in [0.05, 0.1) is 0 Å². The second kappa shape index (κ2) is 6.43. The first-order chi connectivity index (χ1) is 11.4. The Hall–Kier alpha value is -2.09. The van der Waals surface area contributed by atoms with Crippen LogP contribution in [0.2, 0.25) is 0 Å². The van der Waals surface area contributed by atoms with E-state index >= 15 is 0 Å². The third-order valence-corrected chi connectivity index (χ3v) is 4.47. The predicted octanol–water partition coefficient (Wildman–Crippen LogP) is 2.02. The summed E-state index contributed by atoms with van der Waals surface area (Å²) in [5, 5.41) is 1.27. The van der Waals surface area contributed by atoms with Gasteiger partial charge in [-0.3, -0.25) is 15.0 Å². The molecule has 2 amide bonds. The highest BCUT2D eigenvalue weighted by molar-refractivity contribution is 5.97. The Labute approximate surface area is 137 Å². The maximum absolute atomic E-state index is 12.3. The van der Waals surface area contributed by atoms with Gasteiger partial charge in [0, 0.05) is 31.2 Å². The van der Waals surface area contributed by atoms with Crippen molar-refractivity contribution in [3.63, 3.8) is 0 Å². The zero-order valence-electron chi connectivity index (χ0n) is 13.0. The number of aryl methyl sites for hydroxylation is 1. The zero-order chi connectivity index (χ0) is 17.3.